The molecule has 1 aromatic heterocycles. The molecule has 1 unspecified atom stereocenters. The zero-order valence-electron chi connectivity index (χ0n) is 8.38. The third-order valence-corrected chi connectivity index (χ3v) is 2.32. The van der Waals surface area contributed by atoms with Gasteiger partial charge in [0.15, 0.2) is 6.04 Å². The van der Waals surface area contributed by atoms with Crippen molar-refractivity contribution in [3.63, 3.8) is 0 Å². The second-order valence-electron chi connectivity index (χ2n) is 3.43. The van der Waals surface area contributed by atoms with Gasteiger partial charge in [-0.15, -0.1) is 0 Å². The van der Waals surface area contributed by atoms with E-state index in [9.17, 15) is 9.18 Å². The van der Waals surface area contributed by atoms with Gasteiger partial charge in [-0.3, -0.25) is 0 Å². The summed E-state index contributed by atoms with van der Waals surface area (Å²) < 4.78 is 14.6. The molecule has 2 rings (SSSR count). The number of benzene rings is 1. The number of hydrogen-bond acceptors (Lipinski definition) is 1. The molecule has 0 saturated heterocycles. The molecule has 0 amide bonds. The van der Waals surface area contributed by atoms with Crippen LogP contribution in [0.5, 0.6) is 0 Å². The largest absolute Gasteiger partial charge is 0.479 e. The van der Waals surface area contributed by atoms with Gasteiger partial charge in [-0.05, 0) is 29.8 Å². The maximum Gasteiger partial charge on any atom is 0.331 e. The number of rotatable bonds is 3. The van der Waals surface area contributed by atoms with Crippen LogP contribution in [0.3, 0.4) is 0 Å². The maximum atomic E-state index is 13.0. The fourth-order valence-corrected chi connectivity index (χ4v) is 1.64. The molecule has 1 N–H and O–H groups in total. The second-order valence-corrected chi connectivity index (χ2v) is 3.43. The predicted octanol–water partition coefficient (Wildman–Crippen LogP) is 2.30. The summed E-state index contributed by atoms with van der Waals surface area (Å²) in [6, 6.07) is 8.21. The second kappa shape index (κ2) is 4.18. The Bertz CT molecular complexity index is 493. The van der Waals surface area contributed by atoms with Gasteiger partial charge in [-0.1, -0.05) is 12.1 Å². The lowest BCUT2D eigenvalue weighted by Gasteiger charge is -2.14. The van der Waals surface area contributed by atoms with E-state index >= 15 is 0 Å². The van der Waals surface area contributed by atoms with Gasteiger partial charge in [-0.2, -0.15) is 0 Å². The molecule has 0 aliphatic carbocycles. The van der Waals surface area contributed by atoms with E-state index in [2.05, 4.69) is 0 Å². The van der Waals surface area contributed by atoms with E-state index in [0.717, 1.165) is 0 Å². The van der Waals surface area contributed by atoms with Crippen molar-refractivity contribution in [1.82, 2.24) is 4.57 Å². The third kappa shape index (κ3) is 1.95. The van der Waals surface area contributed by atoms with E-state index in [1.807, 2.05) is 0 Å². The Kier molecular flexibility index (Phi) is 2.72. The van der Waals surface area contributed by atoms with E-state index in [0.29, 0.717) is 5.56 Å². The van der Waals surface area contributed by atoms with E-state index in [-0.39, 0.29) is 0 Å². The lowest BCUT2D eigenvalue weighted by molar-refractivity contribution is -0.139. The van der Waals surface area contributed by atoms with Crippen LogP contribution in [-0.4, -0.2) is 15.6 Å². The van der Waals surface area contributed by atoms with Gasteiger partial charge in [0, 0.05) is 12.4 Å². The molecule has 1 aromatic carbocycles. The van der Waals surface area contributed by atoms with Crippen molar-refractivity contribution >= 4 is 5.97 Å². The Labute approximate surface area is 91.8 Å². The summed E-state index contributed by atoms with van der Waals surface area (Å²) in [5, 5.41) is 9.15. The molecule has 0 aliphatic heterocycles. The molecule has 0 saturated carbocycles. The molecular weight excluding hydrogens is 209 g/mol. The Balaban J connectivity index is 2.45. The summed E-state index contributed by atoms with van der Waals surface area (Å²) >= 11 is 0. The first kappa shape index (κ1) is 10.4. The molecule has 2 aromatic rings. The van der Waals surface area contributed by atoms with E-state index < -0.39 is 17.8 Å². The topological polar surface area (TPSA) is 42.2 Å². The van der Waals surface area contributed by atoms with Crippen molar-refractivity contribution in [1.29, 1.82) is 0 Å². The average molecular weight is 219 g/mol. The number of carboxylic acids is 1. The average Bonchev–Trinajstić information content (AvgIpc) is 2.71. The molecule has 0 fully saturated rings. The van der Waals surface area contributed by atoms with E-state index in [1.165, 1.54) is 22.8 Å². The summed E-state index contributed by atoms with van der Waals surface area (Å²) in [6.45, 7) is 0. The number of aliphatic carboxylic acids is 1. The quantitative estimate of drug-likeness (QED) is 0.860. The molecule has 0 aliphatic rings. The fraction of sp³-hybridized carbons (Fsp3) is 0.0833. The molecule has 0 spiro atoms. The summed E-state index contributed by atoms with van der Waals surface area (Å²) in [7, 11) is 0. The minimum absolute atomic E-state index is 0.420. The van der Waals surface area contributed by atoms with Crippen LogP contribution in [0.25, 0.3) is 0 Å². The molecule has 1 heterocycles. The van der Waals surface area contributed by atoms with Crippen LogP contribution in [-0.2, 0) is 4.79 Å². The number of halogens is 1. The minimum Gasteiger partial charge on any atom is -0.479 e. The lowest BCUT2D eigenvalue weighted by atomic mass is 10.1. The van der Waals surface area contributed by atoms with Gasteiger partial charge in [0.25, 0.3) is 0 Å². The summed E-state index contributed by atoms with van der Waals surface area (Å²) in [4.78, 5) is 11.2. The van der Waals surface area contributed by atoms with Crippen LogP contribution in [0.15, 0.2) is 48.8 Å². The Hall–Kier alpha value is -2.10. The van der Waals surface area contributed by atoms with Crippen molar-refractivity contribution < 1.29 is 14.3 Å². The molecule has 4 heteroatoms. The van der Waals surface area contributed by atoms with Crippen LogP contribution in [0, 0.1) is 5.82 Å². The highest BCUT2D eigenvalue weighted by Gasteiger charge is 2.20. The van der Waals surface area contributed by atoms with E-state index in [4.69, 9.17) is 5.11 Å². The highest BCUT2D eigenvalue weighted by Crippen LogP contribution is 2.19. The van der Waals surface area contributed by atoms with Crippen LogP contribution in [0.4, 0.5) is 4.39 Å². The molecule has 3 nitrogen and oxygen atoms in total. The van der Waals surface area contributed by atoms with Gasteiger partial charge >= 0.3 is 5.97 Å². The zero-order valence-corrected chi connectivity index (χ0v) is 8.38. The van der Waals surface area contributed by atoms with Crippen molar-refractivity contribution in [2.45, 2.75) is 6.04 Å². The van der Waals surface area contributed by atoms with Crippen LogP contribution >= 0.6 is 0 Å². The molecule has 16 heavy (non-hydrogen) atoms. The zero-order chi connectivity index (χ0) is 11.5. The van der Waals surface area contributed by atoms with Crippen molar-refractivity contribution in [3.05, 3.63) is 60.2 Å². The number of nitrogens with zero attached hydrogens (tertiary/aromatic N) is 1. The molecule has 0 radical (unpaired) electrons. The SMILES string of the molecule is O=C(O)C(c1cccc(F)c1)n1cccc1. The summed E-state index contributed by atoms with van der Waals surface area (Å²) in [6.07, 6.45) is 3.29. The van der Waals surface area contributed by atoms with Gasteiger partial charge in [-0.25, -0.2) is 9.18 Å². The Morgan fingerprint density at radius 1 is 1.25 bits per heavy atom. The van der Waals surface area contributed by atoms with Crippen molar-refractivity contribution in [2.75, 3.05) is 0 Å². The van der Waals surface area contributed by atoms with Crippen molar-refractivity contribution in [3.8, 4) is 0 Å². The summed E-state index contributed by atoms with van der Waals surface area (Å²) in [5.41, 5.74) is 0.420. The number of carbonyl (C=O) groups is 1. The third-order valence-electron chi connectivity index (χ3n) is 2.32. The monoisotopic (exact) mass is 219 g/mol. The first-order valence-electron chi connectivity index (χ1n) is 4.79. The first-order chi connectivity index (χ1) is 7.68. The molecular formula is C12H10FNO2. The van der Waals surface area contributed by atoms with Crippen LogP contribution in [0.1, 0.15) is 11.6 Å². The van der Waals surface area contributed by atoms with Gasteiger partial charge in [0.2, 0.25) is 0 Å². The number of carboxylic acid groups (broad SMARTS) is 1. The number of aromatic nitrogens is 1. The number of hydrogen-bond donors (Lipinski definition) is 1. The molecule has 82 valence electrons. The van der Waals surface area contributed by atoms with Crippen molar-refractivity contribution in [2.24, 2.45) is 0 Å². The molecule has 0 bridgehead atoms. The van der Waals surface area contributed by atoms with Crippen LogP contribution < -0.4 is 0 Å². The molecule has 1 atom stereocenters. The Morgan fingerprint density at radius 3 is 2.50 bits per heavy atom. The highest BCUT2D eigenvalue weighted by molar-refractivity contribution is 5.76. The summed E-state index contributed by atoms with van der Waals surface area (Å²) in [5.74, 6) is -1.45. The Morgan fingerprint density at radius 2 is 1.94 bits per heavy atom. The predicted molar refractivity (Wildman–Crippen MR) is 56.6 cm³/mol. The maximum absolute atomic E-state index is 13.0. The van der Waals surface area contributed by atoms with Gasteiger partial charge in [0.05, 0.1) is 0 Å². The van der Waals surface area contributed by atoms with Gasteiger partial charge < -0.3 is 9.67 Å². The fourth-order valence-electron chi connectivity index (χ4n) is 1.64. The smallest absolute Gasteiger partial charge is 0.331 e. The normalized spacial score (nSPS) is 12.3. The van der Waals surface area contributed by atoms with Crippen LogP contribution in [0.2, 0.25) is 0 Å². The first-order valence-corrected chi connectivity index (χ1v) is 4.79. The standard InChI is InChI=1S/C12H10FNO2/c13-10-5-3-4-9(8-10)11(12(15)16)14-6-1-2-7-14/h1-8,11H,(H,15,16). The van der Waals surface area contributed by atoms with Gasteiger partial charge in [0.1, 0.15) is 5.82 Å². The van der Waals surface area contributed by atoms with E-state index in [1.54, 1.807) is 30.6 Å². The highest BCUT2D eigenvalue weighted by atomic mass is 19.1. The minimum atomic E-state index is -1.01. The lowest BCUT2D eigenvalue weighted by Crippen LogP contribution is -2.19.